The molecule has 9 heteroatoms. The van der Waals surface area contributed by atoms with Crippen LogP contribution in [0.3, 0.4) is 0 Å². The molecule has 32 heavy (non-hydrogen) atoms. The van der Waals surface area contributed by atoms with E-state index in [-0.39, 0.29) is 12.1 Å². The second kappa shape index (κ2) is 9.71. The Bertz CT molecular complexity index is 1260. The van der Waals surface area contributed by atoms with Crippen molar-refractivity contribution in [1.82, 2.24) is 10.2 Å². The van der Waals surface area contributed by atoms with Gasteiger partial charge in [-0.2, -0.15) is 11.3 Å². The number of halogens is 1. The van der Waals surface area contributed by atoms with Gasteiger partial charge in [0.2, 0.25) is 5.91 Å². The van der Waals surface area contributed by atoms with E-state index in [2.05, 4.69) is 15.5 Å². The molecule has 1 amide bonds. The SMILES string of the molecule is COCCOc1ccccc1-c1nnc(Nc2ccc(CC(N)=O)cc2F)c2cscc12. The van der Waals surface area contributed by atoms with E-state index in [1.807, 2.05) is 35.0 Å². The molecule has 7 nitrogen and oxygen atoms in total. The summed E-state index contributed by atoms with van der Waals surface area (Å²) in [7, 11) is 1.62. The number of hydrogen-bond donors (Lipinski definition) is 2. The van der Waals surface area contributed by atoms with Gasteiger partial charge in [-0.25, -0.2) is 4.39 Å². The lowest BCUT2D eigenvalue weighted by molar-refractivity contribution is -0.117. The fraction of sp³-hybridized carbons (Fsp3) is 0.174. The summed E-state index contributed by atoms with van der Waals surface area (Å²) in [5, 5.41) is 17.4. The number of aromatic nitrogens is 2. The third-order valence-corrected chi connectivity index (χ3v) is 5.52. The predicted octanol–water partition coefficient (Wildman–Crippen LogP) is 4.29. The van der Waals surface area contributed by atoms with Gasteiger partial charge in [0.1, 0.15) is 23.9 Å². The van der Waals surface area contributed by atoms with Crippen molar-refractivity contribution >= 4 is 39.5 Å². The molecule has 0 radical (unpaired) electrons. The Kier molecular flexibility index (Phi) is 6.58. The van der Waals surface area contributed by atoms with Gasteiger partial charge in [-0.15, -0.1) is 10.2 Å². The topological polar surface area (TPSA) is 99.4 Å². The van der Waals surface area contributed by atoms with Crippen molar-refractivity contribution in [2.45, 2.75) is 6.42 Å². The zero-order chi connectivity index (χ0) is 22.5. The van der Waals surface area contributed by atoms with Gasteiger partial charge in [-0.1, -0.05) is 18.2 Å². The summed E-state index contributed by atoms with van der Waals surface area (Å²) in [5.74, 6) is 0.0976. The van der Waals surface area contributed by atoms with Crippen molar-refractivity contribution in [3.63, 3.8) is 0 Å². The lowest BCUT2D eigenvalue weighted by Gasteiger charge is -2.13. The van der Waals surface area contributed by atoms with Gasteiger partial charge in [-0.3, -0.25) is 4.79 Å². The lowest BCUT2D eigenvalue weighted by Crippen LogP contribution is -2.13. The van der Waals surface area contributed by atoms with Gasteiger partial charge >= 0.3 is 0 Å². The first kappa shape index (κ1) is 21.7. The number of primary amides is 1. The highest BCUT2D eigenvalue weighted by Gasteiger charge is 2.16. The number of thiophene rings is 1. The first-order chi connectivity index (χ1) is 15.6. The summed E-state index contributed by atoms with van der Waals surface area (Å²) >= 11 is 1.50. The van der Waals surface area contributed by atoms with E-state index in [4.69, 9.17) is 15.2 Å². The van der Waals surface area contributed by atoms with Crippen LogP contribution in [-0.2, 0) is 16.0 Å². The third-order valence-electron chi connectivity index (χ3n) is 4.77. The Balaban J connectivity index is 1.67. The van der Waals surface area contributed by atoms with Crippen LogP contribution in [0.25, 0.3) is 22.0 Å². The fourth-order valence-corrected chi connectivity index (χ4v) is 4.10. The van der Waals surface area contributed by atoms with E-state index in [0.717, 1.165) is 16.3 Å². The molecule has 0 aliphatic heterocycles. The number of benzene rings is 2. The van der Waals surface area contributed by atoms with E-state index in [9.17, 15) is 9.18 Å². The van der Waals surface area contributed by atoms with Gasteiger partial charge in [0, 0.05) is 34.2 Å². The van der Waals surface area contributed by atoms with Crippen LogP contribution in [0, 0.1) is 5.82 Å². The number of anilines is 2. The number of rotatable bonds is 9. The first-order valence-corrected chi connectivity index (χ1v) is 10.8. The predicted molar refractivity (Wildman–Crippen MR) is 123 cm³/mol. The number of para-hydroxylation sites is 1. The average molecular weight is 453 g/mol. The molecule has 2 aromatic carbocycles. The zero-order valence-electron chi connectivity index (χ0n) is 17.3. The van der Waals surface area contributed by atoms with Crippen LogP contribution in [0.4, 0.5) is 15.9 Å². The molecule has 0 saturated carbocycles. The number of hydrogen-bond acceptors (Lipinski definition) is 7. The number of nitrogens with zero attached hydrogens (tertiary/aromatic N) is 2. The quantitative estimate of drug-likeness (QED) is 0.368. The maximum Gasteiger partial charge on any atom is 0.221 e. The van der Waals surface area contributed by atoms with E-state index < -0.39 is 11.7 Å². The summed E-state index contributed by atoms with van der Waals surface area (Å²) in [4.78, 5) is 11.1. The molecule has 0 unspecified atom stereocenters. The number of methoxy groups -OCH3 is 1. The molecule has 0 bridgehead atoms. The lowest BCUT2D eigenvalue weighted by atomic mass is 10.1. The van der Waals surface area contributed by atoms with Gasteiger partial charge in [0.05, 0.1) is 18.7 Å². The van der Waals surface area contributed by atoms with Crippen LogP contribution in [0.1, 0.15) is 5.56 Å². The highest BCUT2D eigenvalue weighted by Crippen LogP contribution is 2.37. The molecule has 2 heterocycles. The van der Waals surface area contributed by atoms with E-state index >= 15 is 0 Å². The van der Waals surface area contributed by atoms with E-state index in [0.29, 0.717) is 36.0 Å². The molecule has 0 atom stereocenters. The number of nitrogens with one attached hydrogen (secondary N) is 1. The minimum atomic E-state index is -0.516. The smallest absolute Gasteiger partial charge is 0.221 e. The van der Waals surface area contributed by atoms with Crippen molar-refractivity contribution in [3.05, 3.63) is 64.6 Å². The number of carbonyl (C=O) groups is 1. The van der Waals surface area contributed by atoms with Gasteiger partial charge in [0.25, 0.3) is 0 Å². The molecule has 0 saturated heterocycles. The second-order valence-corrected chi connectivity index (χ2v) is 7.76. The molecule has 4 aromatic rings. The number of carbonyl (C=O) groups excluding carboxylic acids is 1. The van der Waals surface area contributed by atoms with Crippen molar-refractivity contribution in [3.8, 4) is 17.0 Å². The molecule has 0 fully saturated rings. The Hall–Kier alpha value is -3.56. The summed E-state index contributed by atoms with van der Waals surface area (Å²) in [6.07, 6.45) is -0.0215. The fourth-order valence-electron chi connectivity index (χ4n) is 3.28. The Labute approximate surface area is 188 Å². The molecule has 3 N–H and O–H groups in total. The normalized spacial score (nSPS) is 10.9. The molecule has 0 aliphatic carbocycles. The van der Waals surface area contributed by atoms with E-state index in [1.54, 1.807) is 19.2 Å². The molecular weight excluding hydrogens is 431 g/mol. The van der Waals surface area contributed by atoms with E-state index in [1.165, 1.54) is 17.4 Å². The minimum Gasteiger partial charge on any atom is -0.490 e. The summed E-state index contributed by atoms with van der Waals surface area (Å²) in [5.41, 5.74) is 7.41. The third kappa shape index (κ3) is 4.68. The van der Waals surface area contributed by atoms with Crippen molar-refractivity contribution in [2.75, 3.05) is 25.6 Å². The molecule has 0 aliphatic rings. The zero-order valence-corrected chi connectivity index (χ0v) is 18.1. The minimum absolute atomic E-state index is 0.0215. The van der Waals surface area contributed by atoms with Gasteiger partial charge in [0.15, 0.2) is 5.82 Å². The van der Waals surface area contributed by atoms with Crippen LogP contribution in [0.15, 0.2) is 53.2 Å². The van der Waals surface area contributed by atoms with Crippen LogP contribution >= 0.6 is 11.3 Å². The van der Waals surface area contributed by atoms with Crippen LogP contribution in [-0.4, -0.2) is 36.4 Å². The first-order valence-electron chi connectivity index (χ1n) is 9.84. The summed E-state index contributed by atoms with van der Waals surface area (Å²) in [6, 6.07) is 12.1. The van der Waals surface area contributed by atoms with Crippen molar-refractivity contribution in [2.24, 2.45) is 5.73 Å². The van der Waals surface area contributed by atoms with Crippen LogP contribution in [0.5, 0.6) is 5.75 Å². The monoisotopic (exact) mass is 452 g/mol. The maximum atomic E-state index is 14.6. The number of fused-ring (bicyclic) bond motifs is 1. The number of nitrogens with two attached hydrogens (primary N) is 1. The molecular formula is C23H21FN4O3S. The van der Waals surface area contributed by atoms with Crippen molar-refractivity contribution < 1.29 is 18.7 Å². The summed E-state index contributed by atoms with van der Waals surface area (Å²) < 4.78 is 25.5. The molecule has 2 aromatic heterocycles. The largest absolute Gasteiger partial charge is 0.490 e. The highest BCUT2D eigenvalue weighted by atomic mass is 32.1. The van der Waals surface area contributed by atoms with Crippen LogP contribution in [0.2, 0.25) is 0 Å². The summed E-state index contributed by atoms with van der Waals surface area (Å²) in [6.45, 7) is 0.888. The standard InChI is InChI=1S/C23H21FN4O3S/c1-30-8-9-31-20-5-3-2-4-15(20)22-16-12-32-13-17(16)23(28-27-22)26-19-7-6-14(10-18(19)24)11-21(25)29/h2-7,10,12-13H,8-9,11H2,1H3,(H2,25,29)(H,26,28). The number of amides is 1. The second-order valence-electron chi connectivity index (χ2n) is 7.02. The average Bonchev–Trinajstić information content (AvgIpc) is 3.26. The Morgan fingerprint density at radius 2 is 1.94 bits per heavy atom. The van der Waals surface area contributed by atoms with Crippen LogP contribution < -0.4 is 15.8 Å². The molecule has 0 spiro atoms. The Morgan fingerprint density at radius 3 is 2.72 bits per heavy atom. The van der Waals surface area contributed by atoms with Gasteiger partial charge < -0.3 is 20.5 Å². The molecule has 164 valence electrons. The van der Waals surface area contributed by atoms with Crippen molar-refractivity contribution in [1.29, 1.82) is 0 Å². The van der Waals surface area contributed by atoms with Gasteiger partial charge in [-0.05, 0) is 29.8 Å². The Morgan fingerprint density at radius 1 is 1.12 bits per heavy atom. The maximum absolute atomic E-state index is 14.6. The number of ether oxygens (including phenoxy) is 2. The highest BCUT2D eigenvalue weighted by molar-refractivity contribution is 7.09. The molecule has 4 rings (SSSR count).